The van der Waals surface area contributed by atoms with Crippen molar-refractivity contribution in [3.05, 3.63) is 24.2 Å². The van der Waals surface area contributed by atoms with Crippen molar-refractivity contribution in [1.29, 1.82) is 0 Å². The molecule has 1 atom stereocenters. The maximum atomic E-state index is 12.6. The number of carbonyl (C=O) groups excluding carboxylic acids is 3. The Bertz CT molecular complexity index is 668. The molecule has 1 N–H and O–H groups in total. The molecule has 3 rings (SSSR count). The minimum atomic E-state index is -0.312. The lowest BCUT2D eigenvalue weighted by atomic mass is 10.0. The van der Waals surface area contributed by atoms with Crippen LogP contribution in [0, 0.1) is 0 Å². The van der Waals surface area contributed by atoms with E-state index in [1.165, 1.54) is 12.7 Å². The predicted molar refractivity (Wildman–Crippen MR) is 104 cm³/mol. The smallest absolute Gasteiger partial charge is 0.286 e. The summed E-state index contributed by atoms with van der Waals surface area (Å²) in [6.45, 7) is 6.36. The third-order valence-corrected chi connectivity index (χ3v) is 5.58. The lowest BCUT2D eigenvalue weighted by molar-refractivity contribution is -0.137. The predicted octanol–water partition coefficient (Wildman–Crippen LogP) is 0.945. The molecule has 2 aliphatic heterocycles. The number of hydrogen-bond acceptors (Lipinski definition) is 5. The second-order valence-electron chi connectivity index (χ2n) is 7.57. The lowest BCUT2D eigenvalue weighted by Crippen LogP contribution is -2.53. The maximum Gasteiger partial charge on any atom is 0.286 e. The summed E-state index contributed by atoms with van der Waals surface area (Å²) in [7, 11) is 0. The Balaban J connectivity index is 1.34. The van der Waals surface area contributed by atoms with Gasteiger partial charge in [0.2, 0.25) is 11.8 Å². The number of furan rings is 1. The van der Waals surface area contributed by atoms with Gasteiger partial charge in [-0.1, -0.05) is 0 Å². The van der Waals surface area contributed by atoms with Gasteiger partial charge in [-0.25, -0.2) is 0 Å². The van der Waals surface area contributed by atoms with Gasteiger partial charge in [-0.2, -0.15) is 0 Å². The third kappa shape index (κ3) is 5.34. The van der Waals surface area contributed by atoms with E-state index in [0.717, 1.165) is 19.4 Å². The summed E-state index contributed by atoms with van der Waals surface area (Å²) >= 11 is 0. The number of piperazine rings is 1. The van der Waals surface area contributed by atoms with Crippen molar-refractivity contribution in [3.8, 4) is 0 Å². The van der Waals surface area contributed by atoms with Crippen LogP contribution in [-0.2, 0) is 9.59 Å². The van der Waals surface area contributed by atoms with Crippen LogP contribution in [-0.4, -0.2) is 84.3 Å². The van der Waals surface area contributed by atoms with Crippen molar-refractivity contribution in [3.63, 3.8) is 0 Å². The van der Waals surface area contributed by atoms with Crippen molar-refractivity contribution < 1.29 is 18.8 Å². The molecule has 0 spiro atoms. The first kappa shape index (κ1) is 20.4. The molecule has 1 aromatic heterocycles. The van der Waals surface area contributed by atoms with Crippen LogP contribution >= 0.6 is 0 Å². The van der Waals surface area contributed by atoms with Gasteiger partial charge in [0.25, 0.3) is 5.91 Å². The molecule has 0 radical (unpaired) electrons. The van der Waals surface area contributed by atoms with Gasteiger partial charge in [-0.3, -0.25) is 19.3 Å². The van der Waals surface area contributed by atoms with Gasteiger partial charge in [0.05, 0.1) is 12.8 Å². The minimum absolute atomic E-state index is 0.0235. The monoisotopic (exact) mass is 390 g/mol. The highest BCUT2D eigenvalue weighted by atomic mass is 16.3. The zero-order valence-electron chi connectivity index (χ0n) is 16.6. The van der Waals surface area contributed by atoms with Crippen LogP contribution in [0.25, 0.3) is 0 Å². The van der Waals surface area contributed by atoms with E-state index in [-0.39, 0.29) is 36.4 Å². The van der Waals surface area contributed by atoms with Crippen molar-refractivity contribution in [2.45, 2.75) is 38.6 Å². The zero-order valence-corrected chi connectivity index (χ0v) is 16.6. The van der Waals surface area contributed by atoms with E-state index in [0.29, 0.717) is 38.8 Å². The highest BCUT2D eigenvalue weighted by Crippen LogP contribution is 2.17. The molecule has 0 aliphatic carbocycles. The number of carbonyl (C=O) groups is 3. The van der Waals surface area contributed by atoms with E-state index in [2.05, 4.69) is 17.1 Å². The van der Waals surface area contributed by atoms with Crippen LogP contribution in [0.2, 0.25) is 0 Å². The van der Waals surface area contributed by atoms with Crippen LogP contribution < -0.4 is 5.32 Å². The van der Waals surface area contributed by atoms with Crippen LogP contribution in [0.5, 0.6) is 0 Å². The molecule has 28 heavy (non-hydrogen) atoms. The topological polar surface area (TPSA) is 86.1 Å². The Morgan fingerprint density at radius 3 is 2.57 bits per heavy atom. The van der Waals surface area contributed by atoms with Crippen LogP contribution in [0.15, 0.2) is 22.8 Å². The molecule has 0 bridgehead atoms. The average molecular weight is 390 g/mol. The molecular formula is C20H30N4O4. The Morgan fingerprint density at radius 1 is 1.11 bits per heavy atom. The molecule has 3 heterocycles. The van der Waals surface area contributed by atoms with Crippen LogP contribution in [0.4, 0.5) is 0 Å². The summed E-state index contributed by atoms with van der Waals surface area (Å²) < 4.78 is 5.02. The van der Waals surface area contributed by atoms with Crippen molar-refractivity contribution in [2.24, 2.45) is 0 Å². The van der Waals surface area contributed by atoms with Gasteiger partial charge in [-0.05, 0) is 38.3 Å². The Kier molecular flexibility index (Phi) is 7.08. The summed E-state index contributed by atoms with van der Waals surface area (Å²) in [5.41, 5.74) is 0. The van der Waals surface area contributed by atoms with Gasteiger partial charge in [0, 0.05) is 51.7 Å². The average Bonchev–Trinajstić information content (AvgIpc) is 3.23. The fraction of sp³-hybridized carbons (Fsp3) is 0.650. The SMILES string of the molecule is CC1CCCCN1C(=O)CN1CCN(C(=O)CCNC(=O)c2ccco2)CC1. The summed E-state index contributed by atoms with van der Waals surface area (Å²) in [6.07, 6.45) is 5.08. The summed E-state index contributed by atoms with van der Waals surface area (Å²) in [5, 5.41) is 2.69. The molecule has 1 unspecified atom stereocenters. The molecule has 8 nitrogen and oxygen atoms in total. The molecule has 8 heteroatoms. The highest BCUT2D eigenvalue weighted by Gasteiger charge is 2.27. The minimum Gasteiger partial charge on any atom is -0.459 e. The molecule has 2 fully saturated rings. The van der Waals surface area contributed by atoms with E-state index in [1.54, 1.807) is 12.1 Å². The van der Waals surface area contributed by atoms with E-state index in [4.69, 9.17) is 4.42 Å². The Hall–Kier alpha value is -2.35. The molecule has 2 aliphatic rings. The molecule has 0 aromatic carbocycles. The van der Waals surface area contributed by atoms with Crippen molar-refractivity contribution >= 4 is 17.7 Å². The maximum absolute atomic E-state index is 12.6. The molecule has 3 amide bonds. The lowest BCUT2D eigenvalue weighted by Gasteiger charge is -2.38. The van der Waals surface area contributed by atoms with Crippen molar-refractivity contribution in [2.75, 3.05) is 45.8 Å². The molecule has 154 valence electrons. The highest BCUT2D eigenvalue weighted by molar-refractivity contribution is 5.91. The van der Waals surface area contributed by atoms with E-state index >= 15 is 0 Å². The first-order chi connectivity index (χ1) is 13.5. The van der Waals surface area contributed by atoms with Gasteiger partial charge in [-0.15, -0.1) is 0 Å². The second-order valence-corrected chi connectivity index (χ2v) is 7.57. The zero-order chi connectivity index (χ0) is 19.9. The Labute approximate surface area is 165 Å². The quantitative estimate of drug-likeness (QED) is 0.781. The number of likely N-dealkylation sites (tertiary alicyclic amines) is 1. The number of piperidine rings is 1. The fourth-order valence-electron chi connectivity index (χ4n) is 3.84. The number of nitrogens with one attached hydrogen (secondary N) is 1. The van der Waals surface area contributed by atoms with Gasteiger partial charge in [0.1, 0.15) is 0 Å². The molecule has 2 saturated heterocycles. The number of nitrogens with zero attached hydrogens (tertiary/aromatic N) is 3. The first-order valence-corrected chi connectivity index (χ1v) is 10.2. The largest absolute Gasteiger partial charge is 0.459 e. The molecule has 0 saturated carbocycles. The number of hydrogen-bond donors (Lipinski definition) is 1. The number of rotatable bonds is 6. The fourth-order valence-corrected chi connectivity index (χ4v) is 3.84. The van der Waals surface area contributed by atoms with Crippen LogP contribution in [0.3, 0.4) is 0 Å². The molecule has 1 aromatic rings. The van der Waals surface area contributed by atoms with E-state index < -0.39 is 0 Å². The van der Waals surface area contributed by atoms with E-state index in [1.807, 2.05) is 9.80 Å². The summed E-state index contributed by atoms with van der Waals surface area (Å²) in [6, 6.07) is 3.57. The number of amides is 3. The Morgan fingerprint density at radius 2 is 1.89 bits per heavy atom. The van der Waals surface area contributed by atoms with E-state index in [9.17, 15) is 14.4 Å². The van der Waals surface area contributed by atoms with Crippen molar-refractivity contribution in [1.82, 2.24) is 20.0 Å². The third-order valence-electron chi connectivity index (χ3n) is 5.58. The standard InChI is InChI=1S/C20H30N4O4/c1-16-5-2-3-9-24(16)19(26)15-22-10-12-23(13-11-22)18(25)7-8-21-20(27)17-6-4-14-28-17/h4,6,14,16H,2-3,5,7-13,15H2,1H3,(H,21,27). The summed E-state index contributed by atoms with van der Waals surface area (Å²) in [5.74, 6) is 0.157. The second kappa shape index (κ2) is 9.73. The van der Waals surface area contributed by atoms with Crippen LogP contribution in [0.1, 0.15) is 43.2 Å². The summed E-state index contributed by atoms with van der Waals surface area (Å²) in [4.78, 5) is 42.6. The van der Waals surface area contributed by atoms with Gasteiger partial charge >= 0.3 is 0 Å². The van der Waals surface area contributed by atoms with Gasteiger partial charge < -0.3 is 19.5 Å². The normalized spacial score (nSPS) is 20.8. The first-order valence-electron chi connectivity index (χ1n) is 10.2. The molecular weight excluding hydrogens is 360 g/mol. The van der Waals surface area contributed by atoms with Gasteiger partial charge in [0.15, 0.2) is 5.76 Å².